The van der Waals surface area contributed by atoms with Gasteiger partial charge in [-0.25, -0.2) is 8.42 Å². The van der Waals surface area contributed by atoms with Crippen molar-refractivity contribution in [1.29, 1.82) is 0 Å². The van der Waals surface area contributed by atoms with Crippen LogP contribution in [0.2, 0.25) is 0 Å². The van der Waals surface area contributed by atoms with E-state index in [1.54, 1.807) is 0 Å². The highest BCUT2D eigenvalue weighted by molar-refractivity contribution is 7.91. The summed E-state index contributed by atoms with van der Waals surface area (Å²) >= 11 is 0. The number of piperazine rings is 1. The lowest BCUT2D eigenvalue weighted by Gasteiger charge is -2.41. The highest BCUT2D eigenvalue weighted by Gasteiger charge is 2.34. The number of hydrogen-bond acceptors (Lipinski definition) is 5. The minimum absolute atomic E-state index is 0.259. The molecule has 0 spiro atoms. The maximum atomic E-state index is 11.5. The summed E-state index contributed by atoms with van der Waals surface area (Å²) in [6, 6.07) is 0.758. The van der Waals surface area contributed by atoms with Gasteiger partial charge in [0.25, 0.3) is 0 Å². The van der Waals surface area contributed by atoms with Crippen LogP contribution in [0.1, 0.15) is 26.2 Å². The van der Waals surface area contributed by atoms with Crippen molar-refractivity contribution < 1.29 is 8.42 Å². The van der Waals surface area contributed by atoms with Crippen molar-refractivity contribution >= 4 is 9.84 Å². The fraction of sp³-hybridized carbons (Fsp3) is 1.00. The molecule has 2 rings (SSSR count). The van der Waals surface area contributed by atoms with Crippen LogP contribution in [0.25, 0.3) is 0 Å². The Bertz CT molecular complexity index is 377. The van der Waals surface area contributed by atoms with Crippen LogP contribution in [0.4, 0.5) is 0 Å². The second-order valence-electron chi connectivity index (χ2n) is 5.81. The van der Waals surface area contributed by atoms with E-state index in [1.165, 1.54) is 6.42 Å². The third-order valence-corrected chi connectivity index (χ3v) is 6.23. The zero-order chi connectivity index (χ0) is 13.9. The average molecular weight is 289 g/mol. The van der Waals surface area contributed by atoms with Gasteiger partial charge >= 0.3 is 0 Å². The molecule has 5 nitrogen and oxygen atoms in total. The molecule has 6 heteroatoms. The molecule has 19 heavy (non-hydrogen) atoms. The largest absolute Gasteiger partial charge is 0.329 e. The molecule has 2 aliphatic rings. The standard InChI is InChI=1S/C13H27N3O2S/c1-2-3-12(10-14)15-5-7-16(8-6-15)13-4-9-19(17,18)11-13/h12-13H,2-11,14H2,1H3. The first-order valence-corrected chi connectivity index (χ1v) is 9.26. The van der Waals surface area contributed by atoms with Crippen molar-refractivity contribution in [2.24, 2.45) is 5.73 Å². The van der Waals surface area contributed by atoms with Gasteiger partial charge in [0.2, 0.25) is 0 Å². The second kappa shape index (κ2) is 6.52. The van der Waals surface area contributed by atoms with Crippen molar-refractivity contribution in [3.63, 3.8) is 0 Å². The molecule has 0 aromatic carbocycles. The molecular weight excluding hydrogens is 262 g/mol. The molecule has 0 bridgehead atoms. The first-order chi connectivity index (χ1) is 9.05. The van der Waals surface area contributed by atoms with Crippen molar-refractivity contribution in [2.75, 3.05) is 44.2 Å². The summed E-state index contributed by atoms with van der Waals surface area (Å²) in [5, 5.41) is 0. The normalized spacial score (nSPS) is 30.5. The van der Waals surface area contributed by atoms with Crippen LogP contribution in [0.15, 0.2) is 0 Å². The maximum Gasteiger partial charge on any atom is 0.151 e. The van der Waals surface area contributed by atoms with Crippen LogP contribution in [0, 0.1) is 0 Å². The van der Waals surface area contributed by atoms with E-state index in [-0.39, 0.29) is 6.04 Å². The van der Waals surface area contributed by atoms with E-state index >= 15 is 0 Å². The number of rotatable bonds is 5. The van der Waals surface area contributed by atoms with Gasteiger partial charge in [0.15, 0.2) is 9.84 Å². The lowest BCUT2D eigenvalue weighted by molar-refractivity contribution is 0.0744. The van der Waals surface area contributed by atoms with E-state index in [0.717, 1.165) is 45.6 Å². The van der Waals surface area contributed by atoms with Gasteiger partial charge in [0.05, 0.1) is 11.5 Å². The van der Waals surface area contributed by atoms with Gasteiger partial charge < -0.3 is 5.73 Å². The third kappa shape index (κ3) is 3.90. The number of hydrogen-bond donors (Lipinski definition) is 1. The van der Waals surface area contributed by atoms with Crippen LogP contribution in [-0.2, 0) is 9.84 Å². The Hall–Kier alpha value is -0.170. The molecule has 2 saturated heterocycles. The SMILES string of the molecule is CCCC(CN)N1CCN(C2CCS(=O)(=O)C2)CC1. The van der Waals surface area contributed by atoms with Crippen molar-refractivity contribution in [1.82, 2.24) is 9.80 Å². The molecule has 0 aromatic heterocycles. The molecule has 0 aliphatic carbocycles. The van der Waals surface area contributed by atoms with Crippen LogP contribution in [-0.4, -0.2) is 74.5 Å². The molecule has 112 valence electrons. The molecule has 0 amide bonds. The number of nitrogens with zero attached hydrogens (tertiary/aromatic N) is 2. The third-order valence-electron chi connectivity index (χ3n) is 4.48. The minimum Gasteiger partial charge on any atom is -0.329 e. The molecule has 0 saturated carbocycles. The predicted octanol–water partition coefficient (Wildman–Crippen LogP) is -0.0815. The van der Waals surface area contributed by atoms with E-state index < -0.39 is 9.84 Å². The highest BCUT2D eigenvalue weighted by atomic mass is 32.2. The second-order valence-corrected chi connectivity index (χ2v) is 8.04. The molecule has 2 heterocycles. The smallest absolute Gasteiger partial charge is 0.151 e. The van der Waals surface area contributed by atoms with E-state index in [2.05, 4.69) is 16.7 Å². The Kier molecular flexibility index (Phi) is 5.22. The van der Waals surface area contributed by atoms with Gasteiger partial charge in [-0.15, -0.1) is 0 Å². The Morgan fingerprint density at radius 3 is 2.42 bits per heavy atom. The molecule has 2 N–H and O–H groups in total. The van der Waals surface area contributed by atoms with E-state index in [0.29, 0.717) is 17.5 Å². The lowest BCUT2D eigenvalue weighted by atomic mass is 10.1. The molecule has 0 aromatic rings. The lowest BCUT2D eigenvalue weighted by Crippen LogP contribution is -2.54. The summed E-state index contributed by atoms with van der Waals surface area (Å²) in [5.74, 6) is 0.738. The summed E-state index contributed by atoms with van der Waals surface area (Å²) in [5.41, 5.74) is 5.85. The summed E-state index contributed by atoms with van der Waals surface area (Å²) < 4.78 is 23.1. The first kappa shape index (κ1) is 15.2. The molecule has 2 unspecified atom stereocenters. The quantitative estimate of drug-likeness (QED) is 0.767. The van der Waals surface area contributed by atoms with Crippen molar-refractivity contribution in [2.45, 2.75) is 38.3 Å². The van der Waals surface area contributed by atoms with Gasteiger partial charge in [-0.1, -0.05) is 13.3 Å². The van der Waals surface area contributed by atoms with Crippen LogP contribution in [0.3, 0.4) is 0 Å². The zero-order valence-electron chi connectivity index (χ0n) is 11.9. The summed E-state index contributed by atoms with van der Waals surface area (Å²) in [6.07, 6.45) is 3.15. The fourth-order valence-electron chi connectivity index (χ4n) is 3.31. The molecule has 2 fully saturated rings. The molecule has 2 atom stereocenters. The Morgan fingerprint density at radius 1 is 1.26 bits per heavy atom. The molecule has 0 radical (unpaired) electrons. The monoisotopic (exact) mass is 289 g/mol. The highest BCUT2D eigenvalue weighted by Crippen LogP contribution is 2.20. The fourth-order valence-corrected chi connectivity index (χ4v) is 5.08. The van der Waals surface area contributed by atoms with Crippen LogP contribution in [0.5, 0.6) is 0 Å². The molecule has 2 aliphatic heterocycles. The van der Waals surface area contributed by atoms with Gasteiger partial charge in [0, 0.05) is 44.8 Å². The first-order valence-electron chi connectivity index (χ1n) is 7.44. The summed E-state index contributed by atoms with van der Waals surface area (Å²) in [7, 11) is -2.76. The summed E-state index contributed by atoms with van der Waals surface area (Å²) in [4.78, 5) is 4.84. The summed E-state index contributed by atoms with van der Waals surface area (Å²) in [6.45, 7) is 6.95. The van der Waals surface area contributed by atoms with Gasteiger partial charge in [-0.2, -0.15) is 0 Å². The minimum atomic E-state index is -2.76. The zero-order valence-corrected chi connectivity index (χ0v) is 12.7. The Labute approximate surface area is 117 Å². The van der Waals surface area contributed by atoms with Crippen molar-refractivity contribution in [3.8, 4) is 0 Å². The van der Waals surface area contributed by atoms with Crippen LogP contribution >= 0.6 is 0 Å². The average Bonchev–Trinajstić information content (AvgIpc) is 2.77. The Balaban J connectivity index is 1.82. The van der Waals surface area contributed by atoms with E-state index in [1.807, 2.05) is 0 Å². The van der Waals surface area contributed by atoms with Gasteiger partial charge in [-0.05, 0) is 12.8 Å². The topological polar surface area (TPSA) is 66.6 Å². The molecular formula is C13H27N3O2S. The number of nitrogens with two attached hydrogens (primary N) is 1. The predicted molar refractivity (Wildman–Crippen MR) is 78.0 cm³/mol. The van der Waals surface area contributed by atoms with E-state index in [4.69, 9.17) is 5.73 Å². The van der Waals surface area contributed by atoms with Gasteiger partial charge in [0.1, 0.15) is 0 Å². The van der Waals surface area contributed by atoms with Gasteiger partial charge in [-0.3, -0.25) is 9.80 Å². The number of sulfone groups is 1. The van der Waals surface area contributed by atoms with E-state index in [9.17, 15) is 8.42 Å². The van der Waals surface area contributed by atoms with Crippen LogP contribution < -0.4 is 5.73 Å². The maximum absolute atomic E-state index is 11.5. The Morgan fingerprint density at radius 2 is 1.95 bits per heavy atom. The van der Waals surface area contributed by atoms with Crippen molar-refractivity contribution in [3.05, 3.63) is 0 Å².